The fraction of sp³-hybridized carbons (Fsp3) is 0.227. The van der Waals surface area contributed by atoms with Crippen LogP contribution in [-0.2, 0) is 13.1 Å². The average Bonchev–Trinajstić information content (AvgIpc) is 3.31. The molecule has 4 rings (SSSR count). The van der Waals surface area contributed by atoms with Crippen molar-refractivity contribution in [3.63, 3.8) is 0 Å². The Morgan fingerprint density at radius 3 is 2.72 bits per heavy atom. The largest absolute Gasteiger partial charge is 0.343 e. The number of hydrogen-bond acceptors (Lipinski definition) is 3. The van der Waals surface area contributed by atoms with Crippen molar-refractivity contribution in [2.24, 2.45) is 0 Å². The first-order chi connectivity index (χ1) is 14.0. The zero-order valence-electron chi connectivity index (χ0n) is 16.4. The topological polar surface area (TPSA) is 56.0 Å². The van der Waals surface area contributed by atoms with Crippen molar-refractivity contribution in [1.29, 1.82) is 0 Å². The molecule has 0 saturated carbocycles. The predicted octanol–water partition coefficient (Wildman–Crippen LogP) is 3.50. The lowest BCUT2D eigenvalue weighted by molar-refractivity contribution is 0.0784. The van der Waals surface area contributed by atoms with Crippen molar-refractivity contribution < 1.29 is 9.18 Å². The van der Waals surface area contributed by atoms with Gasteiger partial charge in [0, 0.05) is 36.9 Å². The smallest absolute Gasteiger partial charge is 0.275 e. The number of benzene rings is 2. The van der Waals surface area contributed by atoms with Crippen LogP contribution in [0.25, 0.3) is 10.9 Å². The van der Waals surface area contributed by atoms with Gasteiger partial charge >= 0.3 is 0 Å². The van der Waals surface area contributed by atoms with Gasteiger partial charge in [-0.15, -0.1) is 5.10 Å². The Morgan fingerprint density at radius 2 is 1.90 bits per heavy atom. The minimum absolute atomic E-state index is 0.209. The molecule has 1 amide bonds. The Morgan fingerprint density at radius 1 is 1.14 bits per heavy atom. The van der Waals surface area contributed by atoms with Crippen LogP contribution in [0.4, 0.5) is 4.39 Å². The summed E-state index contributed by atoms with van der Waals surface area (Å²) < 4.78 is 17.5. The fourth-order valence-electron chi connectivity index (χ4n) is 3.47. The van der Waals surface area contributed by atoms with Gasteiger partial charge < -0.3 is 9.47 Å². The average molecular weight is 391 g/mol. The van der Waals surface area contributed by atoms with E-state index in [1.54, 1.807) is 36.3 Å². The monoisotopic (exact) mass is 391 g/mol. The van der Waals surface area contributed by atoms with E-state index >= 15 is 0 Å². The maximum atomic E-state index is 13.8. The zero-order chi connectivity index (χ0) is 20.4. The fourth-order valence-corrected chi connectivity index (χ4v) is 3.47. The molecule has 0 bridgehead atoms. The molecule has 148 valence electrons. The molecule has 0 aliphatic carbocycles. The van der Waals surface area contributed by atoms with Gasteiger partial charge in [-0.05, 0) is 30.5 Å². The quantitative estimate of drug-likeness (QED) is 0.506. The van der Waals surface area contributed by atoms with Crippen LogP contribution in [0.5, 0.6) is 0 Å². The summed E-state index contributed by atoms with van der Waals surface area (Å²) >= 11 is 0. The third kappa shape index (κ3) is 3.89. The van der Waals surface area contributed by atoms with E-state index in [-0.39, 0.29) is 24.0 Å². The maximum Gasteiger partial charge on any atom is 0.275 e. The van der Waals surface area contributed by atoms with E-state index in [9.17, 15) is 9.18 Å². The molecule has 7 heteroatoms. The molecule has 4 aromatic rings. The second-order valence-corrected chi connectivity index (χ2v) is 7.12. The van der Waals surface area contributed by atoms with Crippen LogP contribution in [0.3, 0.4) is 0 Å². The number of aryl methyl sites for hydroxylation is 1. The van der Waals surface area contributed by atoms with Crippen LogP contribution < -0.4 is 0 Å². The van der Waals surface area contributed by atoms with E-state index in [4.69, 9.17) is 0 Å². The molecular weight excluding hydrogens is 369 g/mol. The molecule has 0 fully saturated rings. The number of para-hydroxylation sites is 1. The van der Waals surface area contributed by atoms with Crippen LogP contribution in [-0.4, -0.2) is 44.0 Å². The first-order valence-corrected chi connectivity index (χ1v) is 9.47. The van der Waals surface area contributed by atoms with E-state index in [0.717, 1.165) is 11.2 Å². The summed E-state index contributed by atoms with van der Waals surface area (Å²) in [6.07, 6.45) is 1.56. The minimum atomic E-state index is -0.303. The Hall–Kier alpha value is -3.48. The normalized spacial score (nSPS) is 11.1. The highest BCUT2D eigenvalue weighted by atomic mass is 19.1. The van der Waals surface area contributed by atoms with E-state index < -0.39 is 0 Å². The molecule has 0 aliphatic heterocycles. The van der Waals surface area contributed by atoms with Crippen molar-refractivity contribution >= 4 is 16.8 Å². The Kier molecular flexibility index (Phi) is 5.12. The lowest BCUT2D eigenvalue weighted by Crippen LogP contribution is -2.30. The van der Waals surface area contributed by atoms with Crippen molar-refractivity contribution in [3.05, 3.63) is 83.6 Å². The zero-order valence-corrected chi connectivity index (χ0v) is 16.4. The molecule has 0 aliphatic rings. The summed E-state index contributed by atoms with van der Waals surface area (Å²) in [5, 5.41) is 9.13. The maximum absolute atomic E-state index is 13.8. The molecule has 0 atom stereocenters. The van der Waals surface area contributed by atoms with E-state index in [1.165, 1.54) is 16.1 Å². The summed E-state index contributed by atoms with van der Waals surface area (Å²) in [7, 11) is 1.75. The Labute approximate surface area is 168 Å². The van der Waals surface area contributed by atoms with E-state index in [0.29, 0.717) is 18.7 Å². The third-order valence-corrected chi connectivity index (χ3v) is 5.07. The molecule has 0 saturated heterocycles. The molecule has 0 radical (unpaired) electrons. The summed E-state index contributed by atoms with van der Waals surface area (Å²) in [4.78, 5) is 14.3. The van der Waals surface area contributed by atoms with E-state index in [2.05, 4.69) is 40.0 Å². The lowest BCUT2D eigenvalue weighted by atomic mass is 10.2. The second kappa shape index (κ2) is 7.87. The van der Waals surface area contributed by atoms with Gasteiger partial charge in [-0.25, -0.2) is 9.07 Å². The van der Waals surface area contributed by atoms with Crippen molar-refractivity contribution in [1.82, 2.24) is 24.5 Å². The summed E-state index contributed by atoms with van der Waals surface area (Å²) in [5.41, 5.74) is 3.06. The lowest BCUT2D eigenvalue weighted by Gasteiger charge is -2.17. The Balaban J connectivity index is 1.42. The number of aromatic nitrogens is 4. The van der Waals surface area contributed by atoms with Crippen LogP contribution in [0, 0.1) is 12.7 Å². The van der Waals surface area contributed by atoms with Gasteiger partial charge in [0.1, 0.15) is 5.82 Å². The number of amides is 1. The Bertz CT molecular complexity index is 1160. The molecule has 2 aromatic heterocycles. The molecule has 0 unspecified atom stereocenters. The van der Waals surface area contributed by atoms with Gasteiger partial charge in [0.15, 0.2) is 5.69 Å². The molecule has 2 aromatic carbocycles. The summed E-state index contributed by atoms with van der Waals surface area (Å²) in [5.74, 6) is -0.513. The number of carbonyl (C=O) groups is 1. The predicted molar refractivity (Wildman–Crippen MR) is 109 cm³/mol. The second-order valence-electron chi connectivity index (χ2n) is 7.12. The highest BCUT2D eigenvalue weighted by Gasteiger charge is 2.17. The number of fused-ring (bicyclic) bond motifs is 1. The van der Waals surface area contributed by atoms with Gasteiger partial charge in [-0.1, -0.05) is 41.6 Å². The molecule has 0 spiro atoms. The highest BCUT2D eigenvalue weighted by Crippen LogP contribution is 2.19. The SMILES string of the molecule is Cc1cc2ccccc2n1CCN(C)C(=O)c1cn(Cc2ccccc2F)nn1. The van der Waals surface area contributed by atoms with E-state index in [1.807, 2.05) is 12.1 Å². The number of likely N-dealkylation sites (N-methyl/N-ethyl adjacent to an activating group) is 1. The highest BCUT2D eigenvalue weighted by molar-refractivity contribution is 5.91. The van der Waals surface area contributed by atoms with Gasteiger partial charge in [0.2, 0.25) is 0 Å². The standard InChI is InChI=1S/C22H22FN5O/c1-16-13-17-7-4-6-10-21(17)28(16)12-11-26(2)22(29)20-15-27(25-24-20)14-18-8-3-5-9-19(18)23/h3-10,13,15H,11-12,14H2,1-2H3. The van der Waals surface area contributed by atoms with Crippen LogP contribution >= 0.6 is 0 Å². The van der Waals surface area contributed by atoms with Gasteiger partial charge in [-0.2, -0.15) is 0 Å². The van der Waals surface area contributed by atoms with Gasteiger partial charge in [-0.3, -0.25) is 4.79 Å². The van der Waals surface area contributed by atoms with Crippen molar-refractivity contribution in [3.8, 4) is 0 Å². The van der Waals surface area contributed by atoms with Crippen LogP contribution in [0.2, 0.25) is 0 Å². The molecule has 6 nitrogen and oxygen atoms in total. The van der Waals surface area contributed by atoms with Gasteiger partial charge in [0.05, 0.1) is 12.7 Å². The molecule has 0 N–H and O–H groups in total. The summed E-state index contributed by atoms with van der Waals surface area (Å²) in [6, 6.07) is 16.8. The first-order valence-electron chi connectivity index (χ1n) is 9.47. The third-order valence-electron chi connectivity index (χ3n) is 5.07. The van der Waals surface area contributed by atoms with Crippen LogP contribution in [0.1, 0.15) is 21.7 Å². The number of nitrogens with zero attached hydrogens (tertiary/aromatic N) is 5. The number of hydrogen-bond donors (Lipinski definition) is 0. The molecule has 29 heavy (non-hydrogen) atoms. The number of carbonyl (C=O) groups excluding carboxylic acids is 1. The molecule has 2 heterocycles. The minimum Gasteiger partial charge on any atom is -0.343 e. The molecular formula is C22H22FN5O. The number of halogens is 1. The van der Waals surface area contributed by atoms with Crippen LogP contribution in [0.15, 0.2) is 60.8 Å². The van der Waals surface area contributed by atoms with Crippen molar-refractivity contribution in [2.45, 2.75) is 20.0 Å². The summed E-state index contributed by atoms with van der Waals surface area (Å²) in [6.45, 7) is 3.52. The number of rotatable bonds is 6. The first kappa shape index (κ1) is 18.9. The van der Waals surface area contributed by atoms with Crippen molar-refractivity contribution in [2.75, 3.05) is 13.6 Å². The van der Waals surface area contributed by atoms with Gasteiger partial charge in [0.25, 0.3) is 5.91 Å².